The average molecular weight is 319 g/mol. The van der Waals surface area contributed by atoms with Gasteiger partial charge in [-0.3, -0.25) is 0 Å². The second kappa shape index (κ2) is 7.02. The summed E-state index contributed by atoms with van der Waals surface area (Å²) in [6.07, 6.45) is -5.40. The Morgan fingerprint density at radius 1 is 1.29 bits per heavy atom. The minimum atomic E-state index is -1.28. The summed E-state index contributed by atoms with van der Waals surface area (Å²) in [5, 5.41) is 38.6. The van der Waals surface area contributed by atoms with Crippen LogP contribution in [0.3, 0.4) is 0 Å². The van der Waals surface area contributed by atoms with Crippen molar-refractivity contribution in [2.24, 2.45) is 0 Å². The highest BCUT2D eigenvalue weighted by Gasteiger charge is 2.42. The van der Waals surface area contributed by atoms with Crippen molar-refractivity contribution in [1.29, 1.82) is 0 Å². The van der Waals surface area contributed by atoms with Crippen molar-refractivity contribution in [3.63, 3.8) is 0 Å². The van der Waals surface area contributed by atoms with E-state index in [4.69, 9.17) is 26.2 Å². The lowest BCUT2D eigenvalue weighted by atomic mass is 10.0. The van der Waals surface area contributed by atoms with Gasteiger partial charge in [0.15, 0.2) is 6.29 Å². The first kappa shape index (κ1) is 16.6. The van der Waals surface area contributed by atoms with Crippen LogP contribution in [0.4, 0.5) is 0 Å². The van der Waals surface area contributed by atoms with Crippen molar-refractivity contribution in [1.82, 2.24) is 0 Å². The van der Waals surface area contributed by atoms with E-state index in [2.05, 4.69) is 0 Å². The number of ether oxygens (including phenoxy) is 2. The van der Waals surface area contributed by atoms with Crippen molar-refractivity contribution in [2.75, 3.05) is 13.2 Å². The molecule has 0 aromatic heterocycles. The molecule has 1 aliphatic heterocycles. The van der Waals surface area contributed by atoms with Gasteiger partial charge in [-0.1, -0.05) is 23.7 Å². The third-order valence-electron chi connectivity index (χ3n) is 3.51. The van der Waals surface area contributed by atoms with Gasteiger partial charge in [0.05, 0.1) is 13.2 Å². The van der Waals surface area contributed by atoms with Crippen molar-refractivity contribution in [2.45, 2.75) is 37.6 Å². The van der Waals surface area contributed by atoms with Crippen molar-refractivity contribution >= 4 is 11.6 Å². The van der Waals surface area contributed by atoms with Crippen LogP contribution in [0.15, 0.2) is 18.2 Å². The van der Waals surface area contributed by atoms with Crippen LogP contribution < -0.4 is 0 Å². The molecule has 1 saturated heterocycles. The molecule has 1 heterocycles. The minimum Gasteiger partial charge on any atom is -0.394 e. The van der Waals surface area contributed by atoms with E-state index in [-0.39, 0.29) is 0 Å². The Morgan fingerprint density at radius 2 is 2.00 bits per heavy atom. The highest BCUT2D eigenvalue weighted by atomic mass is 35.5. The van der Waals surface area contributed by atoms with Crippen LogP contribution in [-0.2, 0) is 9.47 Å². The summed E-state index contributed by atoms with van der Waals surface area (Å²) in [4.78, 5) is 0. The Kier molecular flexibility index (Phi) is 5.56. The van der Waals surface area contributed by atoms with E-state index in [1.165, 1.54) is 0 Å². The first-order valence-corrected chi connectivity index (χ1v) is 7.00. The molecule has 1 fully saturated rings. The second-order valence-corrected chi connectivity index (χ2v) is 5.45. The Balaban J connectivity index is 2.24. The lowest BCUT2D eigenvalue weighted by Crippen LogP contribution is -2.54. The first-order valence-electron chi connectivity index (χ1n) is 6.62. The molecule has 1 aromatic rings. The number of hydrogen-bond acceptors (Lipinski definition) is 6. The molecule has 0 saturated carbocycles. The van der Waals surface area contributed by atoms with Crippen LogP contribution in [0, 0.1) is 6.92 Å². The summed E-state index contributed by atoms with van der Waals surface area (Å²) in [6, 6.07) is 5.21. The number of aryl methyl sites for hydroxylation is 1. The number of halogens is 1. The molecule has 0 radical (unpaired) electrons. The Labute approximate surface area is 127 Å². The van der Waals surface area contributed by atoms with E-state index in [9.17, 15) is 15.3 Å². The van der Waals surface area contributed by atoms with E-state index in [1.54, 1.807) is 18.2 Å². The van der Waals surface area contributed by atoms with Gasteiger partial charge >= 0.3 is 0 Å². The number of aliphatic hydroxyl groups is 4. The van der Waals surface area contributed by atoms with Crippen LogP contribution in [0.1, 0.15) is 17.4 Å². The Morgan fingerprint density at radius 3 is 2.57 bits per heavy atom. The lowest BCUT2D eigenvalue weighted by Gasteiger charge is -2.40. The van der Waals surface area contributed by atoms with Gasteiger partial charge in [-0.05, 0) is 18.6 Å². The zero-order chi connectivity index (χ0) is 15.6. The molecule has 1 aliphatic rings. The molecule has 0 aliphatic carbocycles. The van der Waals surface area contributed by atoms with Crippen LogP contribution in [0.5, 0.6) is 0 Å². The predicted molar refractivity (Wildman–Crippen MR) is 74.9 cm³/mol. The van der Waals surface area contributed by atoms with E-state index in [0.717, 1.165) is 5.56 Å². The van der Waals surface area contributed by atoms with E-state index in [1.807, 2.05) is 6.92 Å². The number of benzene rings is 1. The number of hydrogen-bond donors (Lipinski definition) is 4. The van der Waals surface area contributed by atoms with Crippen LogP contribution in [0.25, 0.3) is 0 Å². The van der Waals surface area contributed by atoms with Gasteiger partial charge in [0.25, 0.3) is 0 Å². The molecule has 2 rings (SSSR count). The Hall–Kier alpha value is -0.730. The quantitative estimate of drug-likeness (QED) is 0.630. The van der Waals surface area contributed by atoms with Crippen molar-refractivity contribution in [3.8, 4) is 0 Å². The predicted octanol–water partition coefficient (Wildman–Crippen LogP) is 0.137. The van der Waals surface area contributed by atoms with Gasteiger partial charge in [-0.2, -0.15) is 0 Å². The largest absolute Gasteiger partial charge is 0.394 e. The summed E-state index contributed by atoms with van der Waals surface area (Å²) < 4.78 is 11.0. The monoisotopic (exact) mass is 318 g/mol. The topological polar surface area (TPSA) is 99.4 Å². The molecular formula is C14H19ClO6. The van der Waals surface area contributed by atoms with E-state index < -0.39 is 43.9 Å². The molecule has 7 heteroatoms. The van der Waals surface area contributed by atoms with Gasteiger partial charge < -0.3 is 29.9 Å². The first-order chi connectivity index (χ1) is 9.97. The number of aliphatic hydroxyl groups excluding tert-OH is 4. The summed E-state index contributed by atoms with van der Waals surface area (Å²) in [5.74, 6) is 0. The Bertz CT molecular complexity index is 483. The van der Waals surface area contributed by atoms with Crippen LogP contribution in [0.2, 0.25) is 5.02 Å². The fraction of sp³-hybridized carbons (Fsp3) is 0.571. The van der Waals surface area contributed by atoms with Crippen LogP contribution >= 0.6 is 11.6 Å². The highest BCUT2D eigenvalue weighted by Crippen LogP contribution is 2.33. The summed E-state index contributed by atoms with van der Waals surface area (Å²) >= 11 is 6.06. The highest BCUT2D eigenvalue weighted by molar-refractivity contribution is 6.31. The molecule has 4 N–H and O–H groups in total. The summed E-state index contributed by atoms with van der Waals surface area (Å²) in [5.41, 5.74) is 1.49. The fourth-order valence-electron chi connectivity index (χ4n) is 2.19. The van der Waals surface area contributed by atoms with Gasteiger partial charge in [-0.25, -0.2) is 0 Å². The van der Waals surface area contributed by atoms with Gasteiger partial charge in [-0.15, -0.1) is 0 Å². The van der Waals surface area contributed by atoms with E-state index >= 15 is 0 Å². The molecule has 5 atom stereocenters. The zero-order valence-corrected chi connectivity index (χ0v) is 12.3. The third kappa shape index (κ3) is 3.54. The molecule has 21 heavy (non-hydrogen) atoms. The minimum absolute atomic E-state index is 0.435. The molecule has 6 nitrogen and oxygen atoms in total. The molecule has 0 amide bonds. The standard InChI is InChI=1S/C14H19ClO6/c1-7-2-3-8(4-9(7)15)14-20-11(6-17)12(19)13(21-14)10(18)5-16/h2-4,10-14,16-19H,5-6H2,1H3/t10-,11+,12-,13?,14?/m1/s1. The normalized spacial score (nSPS) is 31.1. The summed E-state index contributed by atoms with van der Waals surface area (Å²) in [7, 11) is 0. The molecule has 2 unspecified atom stereocenters. The summed E-state index contributed by atoms with van der Waals surface area (Å²) in [6.45, 7) is 0.851. The maximum absolute atomic E-state index is 9.99. The molecule has 1 aromatic carbocycles. The maximum atomic E-state index is 9.99. The average Bonchev–Trinajstić information content (AvgIpc) is 2.49. The molecule has 0 spiro atoms. The van der Waals surface area contributed by atoms with Gasteiger partial charge in [0, 0.05) is 10.6 Å². The van der Waals surface area contributed by atoms with E-state index in [0.29, 0.717) is 10.6 Å². The van der Waals surface area contributed by atoms with Gasteiger partial charge in [0.1, 0.15) is 24.4 Å². The van der Waals surface area contributed by atoms with Crippen molar-refractivity contribution in [3.05, 3.63) is 34.3 Å². The second-order valence-electron chi connectivity index (χ2n) is 5.04. The maximum Gasteiger partial charge on any atom is 0.185 e. The van der Waals surface area contributed by atoms with Crippen molar-refractivity contribution < 1.29 is 29.9 Å². The third-order valence-corrected chi connectivity index (χ3v) is 3.92. The lowest BCUT2D eigenvalue weighted by molar-refractivity contribution is -0.310. The fourth-order valence-corrected chi connectivity index (χ4v) is 2.38. The van der Waals surface area contributed by atoms with Gasteiger partial charge in [0.2, 0.25) is 0 Å². The SMILES string of the molecule is Cc1ccc(C2OC([C@H](O)CO)[C@H](O)[C@H](CO)O2)cc1Cl. The number of rotatable bonds is 4. The van der Waals surface area contributed by atoms with Crippen LogP contribution in [-0.4, -0.2) is 58.1 Å². The molecule has 118 valence electrons. The smallest absolute Gasteiger partial charge is 0.185 e. The molecular weight excluding hydrogens is 300 g/mol. The zero-order valence-electron chi connectivity index (χ0n) is 11.5. The molecule has 0 bridgehead atoms.